The Morgan fingerprint density at radius 1 is 0.727 bits per heavy atom. The highest BCUT2D eigenvalue weighted by atomic mass is 16.7. The molecule has 0 aliphatic heterocycles. The second-order valence-corrected chi connectivity index (χ2v) is 6.98. The van der Waals surface area contributed by atoms with Gasteiger partial charge in [0.15, 0.2) is 0 Å². The molecule has 0 aromatic heterocycles. The minimum atomic E-state index is -0.542. The summed E-state index contributed by atoms with van der Waals surface area (Å²) in [4.78, 5) is 35.3. The van der Waals surface area contributed by atoms with Crippen molar-refractivity contribution in [1.29, 1.82) is 0 Å². The van der Waals surface area contributed by atoms with E-state index in [9.17, 15) is 14.4 Å². The van der Waals surface area contributed by atoms with Crippen molar-refractivity contribution in [1.82, 2.24) is 0 Å². The summed E-state index contributed by atoms with van der Waals surface area (Å²) in [5.41, 5.74) is 2.89. The van der Waals surface area contributed by atoms with E-state index in [-0.39, 0.29) is 12.4 Å². The van der Waals surface area contributed by atoms with E-state index < -0.39 is 17.9 Å². The van der Waals surface area contributed by atoms with Crippen LogP contribution < -0.4 is 9.47 Å². The standard InChI is InChI=1S/C26H22O7/c1-17(2)24(27)32-16-31-22-12-10-21(11-13-22)26(29)33-23-14-8-19(9-15-23)18-4-6-20(7-5-18)25(28)30-3/h4-15H,1,16H2,2-3H3. The van der Waals surface area contributed by atoms with Gasteiger partial charge in [-0.25, -0.2) is 14.4 Å². The zero-order valence-electron chi connectivity index (χ0n) is 18.2. The zero-order valence-corrected chi connectivity index (χ0v) is 18.2. The van der Waals surface area contributed by atoms with E-state index in [1.807, 2.05) is 24.3 Å². The maximum absolute atomic E-state index is 12.4. The van der Waals surface area contributed by atoms with Crippen molar-refractivity contribution >= 4 is 17.9 Å². The molecule has 33 heavy (non-hydrogen) atoms. The van der Waals surface area contributed by atoms with Crippen molar-refractivity contribution in [3.8, 4) is 22.6 Å². The molecule has 0 heterocycles. The Morgan fingerprint density at radius 2 is 1.21 bits per heavy atom. The first kappa shape index (κ1) is 23.3. The van der Waals surface area contributed by atoms with Crippen LogP contribution in [0.3, 0.4) is 0 Å². The quantitative estimate of drug-likeness (QED) is 0.212. The number of hydrogen-bond donors (Lipinski definition) is 0. The summed E-state index contributed by atoms with van der Waals surface area (Å²) in [5, 5.41) is 0. The van der Waals surface area contributed by atoms with Crippen molar-refractivity contribution in [3.05, 3.63) is 96.1 Å². The summed E-state index contributed by atoms with van der Waals surface area (Å²) in [5.74, 6) is -0.634. The molecule has 7 heteroatoms. The molecule has 0 amide bonds. The van der Waals surface area contributed by atoms with Gasteiger partial charge in [0.25, 0.3) is 0 Å². The number of esters is 3. The van der Waals surface area contributed by atoms with E-state index in [4.69, 9.17) is 18.9 Å². The summed E-state index contributed by atoms with van der Waals surface area (Å²) < 4.78 is 20.3. The molecule has 0 saturated carbocycles. The molecule has 0 atom stereocenters. The minimum absolute atomic E-state index is 0.257. The molecule has 7 nitrogen and oxygen atoms in total. The first-order valence-electron chi connectivity index (χ1n) is 9.94. The average molecular weight is 446 g/mol. The Kier molecular flexibility index (Phi) is 7.60. The Bertz CT molecular complexity index is 1140. The molecule has 0 fully saturated rings. The van der Waals surface area contributed by atoms with Gasteiger partial charge in [-0.3, -0.25) is 0 Å². The summed E-state index contributed by atoms with van der Waals surface area (Å²) in [6, 6.07) is 20.3. The SMILES string of the molecule is C=C(C)C(=O)OCOc1ccc(C(=O)Oc2ccc(-c3ccc(C(=O)OC)cc3)cc2)cc1. The highest BCUT2D eigenvalue weighted by Crippen LogP contribution is 2.24. The van der Waals surface area contributed by atoms with Crippen LogP contribution in [0.2, 0.25) is 0 Å². The third-order valence-corrected chi connectivity index (χ3v) is 4.56. The summed E-state index contributed by atoms with van der Waals surface area (Å²) in [6.45, 7) is 4.77. The summed E-state index contributed by atoms with van der Waals surface area (Å²) in [6.07, 6.45) is 0. The van der Waals surface area contributed by atoms with Gasteiger partial charge in [0.05, 0.1) is 18.2 Å². The predicted molar refractivity (Wildman–Crippen MR) is 121 cm³/mol. The molecule has 3 aromatic carbocycles. The number of benzene rings is 3. The zero-order chi connectivity index (χ0) is 23.8. The molecule has 0 aliphatic carbocycles. The van der Waals surface area contributed by atoms with Gasteiger partial charge in [0.2, 0.25) is 6.79 Å². The van der Waals surface area contributed by atoms with Gasteiger partial charge < -0.3 is 18.9 Å². The summed E-state index contributed by atoms with van der Waals surface area (Å²) in [7, 11) is 1.34. The maximum Gasteiger partial charge on any atom is 0.343 e. The van der Waals surface area contributed by atoms with Crippen LogP contribution >= 0.6 is 0 Å². The fourth-order valence-electron chi connectivity index (χ4n) is 2.76. The van der Waals surface area contributed by atoms with Gasteiger partial charge in [-0.1, -0.05) is 30.8 Å². The van der Waals surface area contributed by atoms with Gasteiger partial charge in [-0.2, -0.15) is 0 Å². The lowest BCUT2D eigenvalue weighted by Gasteiger charge is -2.09. The fraction of sp³-hybridized carbons (Fsp3) is 0.115. The van der Waals surface area contributed by atoms with E-state index >= 15 is 0 Å². The molecule has 0 aliphatic rings. The lowest BCUT2D eigenvalue weighted by Crippen LogP contribution is -2.11. The summed E-state index contributed by atoms with van der Waals surface area (Å²) >= 11 is 0. The number of carbonyl (C=O) groups excluding carboxylic acids is 3. The number of hydrogen-bond acceptors (Lipinski definition) is 7. The van der Waals surface area contributed by atoms with Crippen molar-refractivity contribution < 1.29 is 33.3 Å². The van der Waals surface area contributed by atoms with Crippen LogP contribution in [0, 0.1) is 0 Å². The van der Waals surface area contributed by atoms with Crippen LogP contribution in [0.1, 0.15) is 27.6 Å². The van der Waals surface area contributed by atoms with Crippen molar-refractivity contribution in [3.63, 3.8) is 0 Å². The molecule has 0 saturated heterocycles. The first-order valence-corrected chi connectivity index (χ1v) is 9.94. The second kappa shape index (κ2) is 10.8. The lowest BCUT2D eigenvalue weighted by atomic mass is 10.0. The molecule has 0 radical (unpaired) electrons. The molecule has 168 valence electrons. The molecule has 3 rings (SSSR count). The van der Waals surface area contributed by atoms with Crippen molar-refractivity contribution in [2.24, 2.45) is 0 Å². The van der Waals surface area contributed by atoms with Gasteiger partial charge >= 0.3 is 17.9 Å². The van der Waals surface area contributed by atoms with Crippen LogP contribution in [0.5, 0.6) is 11.5 Å². The lowest BCUT2D eigenvalue weighted by molar-refractivity contribution is -0.145. The predicted octanol–water partition coefficient (Wildman–Crippen LogP) is 4.82. The number of methoxy groups -OCH3 is 1. The number of rotatable bonds is 8. The Hall–Kier alpha value is -4.39. The highest BCUT2D eigenvalue weighted by Gasteiger charge is 2.10. The minimum Gasteiger partial charge on any atom is -0.465 e. The fourth-order valence-corrected chi connectivity index (χ4v) is 2.76. The van der Waals surface area contributed by atoms with Gasteiger partial charge in [0.1, 0.15) is 11.5 Å². The molecule has 0 spiro atoms. The van der Waals surface area contributed by atoms with Crippen LogP contribution in [0.4, 0.5) is 0 Å². The van der Waals surface area contributed by atoms with Crippen LogP contribution in [-0.2, 0) is 14.3 Å². The first-order chi connectivity index (χ1) is 15.9. The van der Waals surface area contributed by atoms with E-state index in [1.54, 1.807) is 55.5 Å². The number of carbonyl (C=O) groups is 3. The highest BCUT2D eigenvalue weighted by molar-refractivity contribution is 5.91. The third kappa shape index (κ3) is 6.30. The van der Waals surface area contributed by atoms with Crippen LogP contribution in [-0.4, -0.2) is 31.8 Å². The molecule has 0 unspecified atom stereocenters. The molecule has 0 N–H and O–H groups in total. The van der Waals surface area contributed by atoms with E-state index in [2.05, 4.69) is 6.58 Å². The van der Waals surface area contributed by atoms with E-state index in [0.29, 0.717) is 22.6 Å². The topological polar surface area (TPSA) is 88.1 Å². The Balaban J connectivity index is 1.56. The third-order valence-electron chi connectivity index (χ3n) is 4.56. The molecular weight excluding hydrogens is 424 g/mol. The Morgan fingerprint density at radius 3 is 1.76 bits per heavy atom. The van der Waals surface area contributed by atoms with Crippen molar-refractivity contribution in [2.45, 2.75) is 6.92 Å². The van der Waals surface area contributed by atoms with E-state index in [1.165, 1.54) is 7.11 Å². The molecular formula is C26H22O7. The van der Waals surface area contributed by atoms with Gasteiger partial charge in [-0.05, 0) is 66.6 Å². The van der Waals surface area contributed by atoms with Gasteiger partial charge in [-0.15, -0.1) is 0 Å². The second-order valence-electron chi connectivity index (χ2n) is 6.98. The Labute approximate surface area is 191 Å². The van der Waals surface area contributed by atoms with Crippen LogP contribution in [0.25, 0.3) is 11.1 Å². The largest absolute Gasteiger partial charge is 0.465 e. The molecule has 3 aromatic rings. The van der Waals surface area contributed by atoms with Gasteiger partial charge in [0, 0.05) is 5.57 Å². The average Bonchev–Trinajstić information content (AvgIpc) is 2.84. The smallest absolute Gasteiger partial charge is 0.343 e. The monoisotopic (exact) mass is 446 g/mol. The normalized spacial score (nSPS) is 10.1. The van der Waals surface area contributed by atoms with Crippen LogP contribution in [0.15, 0.2) is 84.9 Å². The molecule has 0 bridgehead atoms. The number of ether oxygens (including phenoxy) is 4. The van der Waals surface area contributed by atoms with E-state index in [0.717, 1.165) is 11.1 Å². The maximum atomic E-state index is 12.4. The van der Waals surface area contributed by atoms with Crippen molar-refractivity contribution in [2.75, 3.05) is 13.9 Å².